The monoisotopic (exact) mass is 536 g/mol. The van der Waals surface area contributed by atoms with Crippen LogP contribution in [0.15, 0.2) is 0 Å². The minimum absolute atomic E-state index is 0.167. The van der Waals surface area contributed by atoms with Crippen molar-refractivity contribution in [1.82, 2.24) is 9.90 Å². The second-order valence-electron chi connectivity index (χ2n) is 17.6. The first kappa shape index (κ1) is 27.0. The van der Waals surface area contributed by atoms with Crippen LogP contribution in [0.2, 0.25) is 0 Å². The zero-order valence-corrected chi connectivity index (χ0v) is 26.8. The van der Waals surface area contributed by atoms with Crippen LogP contribution in [0.5, 0.6) is 0 Å². The van der Waals surface area contributed by atoms with Gasteiger partial charge in [-0.25, -0.2) is 0 Å². The second-order valence-corrected chi connectivity index (χ2v) is 17.6. The predicted molar refractivity (Wildman–Crippen MR) is 156 cm³/mol. The molecular weight excluding hydrogens is 478 g/mol. The van der Waals surface area contributed by atoms with Crippen LogP contribution in [-0.2, 0) is 30.2 Å². The van der Waals surface area contributed by atoms with Gasteiger partial charge in [-0.05, 0) is 109 Å². The zero-order chi connectivity index (χ0) is 27.8. The van der Waals surface area contributed by atoms with E-state index in [2.05, 4.69) is 71.8 Å². The maximum absolute atomic E-state index is 6.80. The van der Waals surface area contributed by atoms with Crippen molar-refractivity contribution in [2.75, 3.05) is 6.61 Å². The molecule has 4 heteroatoms. The molecule has 218 valence electrons. The molecule has 5 fully saturated rings. The first-order chi connectivity index (χ1) is 18.3. The molecule has 0 N–H and O–H groups in total. The molecule has 1 aromatic heterocycles. The summed E-state index contributed by atoms with van der Waals surface area (Å²) in [5.41, 5.74) is 5.25. The fraction of sp³-hybridized carbons (Fsp3) is 0.943. The number of aromatic nitrogens is 3. The van der Waals surface area contributed by atoms with Gasteiger partial charge in [0.15, 0.2) is 11.4 Å². The summed E-state index contributed by atoms with van der Waals surface area (Å²) in [7, 11) is 2.22. The highest BCUT2D eigenvalue weighted by molar-refractivity contribution is 5.30. The van der Waals surface area contributed by atoms with E-state index >= 15 is 0 Å². The van der Waals surface area contributed by atoms with Gasteiger partial charge in [0.2, 0.25) is 0 Å². The van der Waals surface area contributed by atoms with Gasteiger partial charge in [-0.2, -0.15) is 0 Å². The Hall–Kier alpha value is -0.900. The van der Waals surface area contributed by atoms with Crippen molar-refractivity contribution >= 4 is 0 Å². The summed E-state index contributed by atoms with van der Waals surface area (Å²) in [4.78, 5) is 0. The normalized spacial score (nSPS) is 48.9. The Labute approximate surface area is 239 Å². The average Bonchev–Trinajstić information content (AvgIpc) is 3.36. The molecule has 1 aliphatic heterocycles. The van der Waals surface area contributed by atoms with E-state index in [9.17, 15) is 0 Å². The van der Waals surface area contributed by atoms with Crippen molar-refractivity contribution in [2.45, 2.75) is 144 Å². The predicted octanol–water partition coefficient (Wildman–Crippen LogP) is 7.41. The molecule has 9 atom stereocenters. The first-order valence-electron chi connectivity index (χ1n) is 16.8. The summed E-state index contributed by atoms with van der Waals surface area (Å²) < 4.78 is 11.5. The van der Waals surface area contributed by atoms with E-state index in [1.165, 1.54) is 76.3 Å². The smallest absolute Gasteiger partial charge is 0.176 e. The number of hydrogen-bond donors (Lipinski definition) is 0. The molecule has 2 heterocycles. The summed E-state index contributed by atoms with van der Waals surface area (Å²) in [6, 6.07) is 0. The van der Waals surface area contributed by atoms with Crippen LogP contribution in [0.3, 0.4) is 0 Å². The Morgan fingerprint density at radius 3 is 2.38 bits per heavy atom. The lowest BCUT2D eigenvalue weighted by Crippen LogP contribution is -2.68. The number of hydrogen-bond acceptors (Lipinski definition) is 2. The minimum Gasteiger partial charge on any atom is -0.377 e. The standard InChI is InChI=1S/C35H58N3O/c1-10-11-20-38-28-24(37(9)36-38)21-32(6)25(31(28,4)5)14-15-34(8)26(32)13-12-23-27-29-30(2,3)16-18-35(27,22-39-29)19-17-33(23,34)7/h23,25-27,29H,10-22H2,1-9H3/q+1/t23-,25+,26-,27+,29-,32+,33-,34-,35-/m1/s1. The molecule has 4 saturated carbocycles. The Morgan fingerprint density at radius 1 is 0.897 bits per heavy atom. The number of fused-ring (bicyclic) bond motifs is 6. The van der Waals surface area contributed by atoms with Gasteiger partial charge in [-0.3, -0.25) is 0 Å². The van der Waals surface area contributed by atoms with E-state index in [0.29, 0.717) is 33.2 Å². The second kappa shape index (κ2) is 8.13. The van der Waals surface area contributed by atoms with Crippen LogP contribution in [0.4, 0.5) is 0 Å². The van der Waals surface area contributed by atoms with Crippen molar-refractivity contribution in [3.05, 3.63) is 11.4 Å². The molecule has 2 bridgehead atoms. The molecule has 6 aliphatic rings. The molecule has 1 aromatic rings. The van der Waals surface area contributed by atoms with Crippen LogP contribution in [0, 0.1) is 50.7 Å². The quantitative estimate of drug-likeness (QED) is 0.377. The topological polar surface area (TPSA) is 30.9 Å². The number of unbranched alkanes of at least 4 members (excludes halogenated alkanes) is 1. The van der Waals surface area contributed by atoms with Crippen LogP contribution < -0.4 is 4.68 Å². The maximum atomic E-state index is 6.80. The van der Waals surface area contributed by atoms with Crippen molar-refractivity contribution in [2.24, 2.45) is 57.8 Å². The summed E-state index contributed by atoms with van der Waals surface area (Å²) in [5.74, 6) is 3.14. The lowest BCUT2D eigenvalue weighted by Gasteiger charge is -2.72. The van der Waals surface area contributed by atoms with Crippen molar-refractivity contribution in [1.29, 1.82) is 0 Å². The largest absolute Gasteiger partial charge is 0.377 e. The molecule has 39 heavy (non-hydrogen) atoms. The van der Waals surface area contributed by atoms with E-state index < -0.39 is 0 Å². The molecular formula is C35H58N3O+. The summed E-state index contributed by atoms with van der Waals surface area (Å²) in [5, 5.41) is 5.12. The summed E-state index contributed by atoms with van der Waals surface area (Å²) in [6.07, 6.45) is 15.4. The SMILES string of the molecule is CCCC[n+]1nn(C)c2c1C(C)(C)[C@@H]1CC[C@]3(C)[C@H](CC[C@@H]4[C@H]5[C@H]6OC[C@@]5(CCC6(C)C)CC[C@]43C)[C@@]1(C)C2. The lowest BCUT2D eigenvalue weighted by atomic mass is 9.31. The first-order valence-corrected chi connectivity index (χ1v) is 16.8. The van der Waals surface area contributed by atoms with Gasteiger partial charge in [0.25, 0.3) is 0 Å². The van der Waals surface area contributed by atoms with Crippen LogP contribution in [0.1, 0.15) is 131 Å². The number of rotatable bonds is 3. The molecule has 0 unspecified atom stereocenters. The Balaban J connectivity index is 1.28. The molecule has 0 aromatic carbocycles. The summed E-state index contributed by atoms with van der Waals surface area (Å²) >= 11 is 0. The molecule has 5 aliphatic carbocycles. The zero-order valence-electron chi connectivity index (χ0n) is 26.8. The van der Waals surface area contributed by atoms with Crippen LogP contribution >= 0.6 is 0 Å². The molecule has 0 spiro atoms. The van der Waals surface area contributed by atoms with Crippen LogP contribution in [0.25, 0.3) is 0 Å². The minimum atomic E-state index is 0.167. The van der Waals surface area contributed by atoms with Gasteiger partial charge in [-0.15, -0.1) is 9.36 Å². The van der Waals surface area contributed by atoms with Crippen LogP contribution in [-0.4, -0.2) is 22.6 Å². The summed E-state index contributed by atoms with van der Waals surface area (Å²) in [6.45, 7) is 22.9. The fourth-order valence-electron chi connectivity index (χ4n) is 13.2. The van der Waals surface area contributed by atoms with E-state index in [1.807, 2.05) is 0 Å². The third kappa shape index (κ3) is 3.17. The Kier molecular flexibility index (Phi) is 5.62. The van der Waals surface area contributed by atoms with Gasteiger partial charge >= 0.3 is 0 Å². The molecule has 0 amide bonds. The van der Waals surface area contributed by atoms with Crippen molar-refractivity contribution < 1.29 is 9.42 Å². The molecule has 1 saturated heterocycles. The number of nitrogens with zero attached hydrogens (tertiary/aromatic N) is 3. The van der Waals surface area contributed by atoms with E-state index in [1.54, 1.807) is 5.69 Å². The highest BCUT2D eigenvalue weighted by Gasteiger charge is 2.73. The van der Waals surface area contributed by atoms with Gasteiger partial charge in [0, 0.05) is 11.8 Å². The third-order valence-electron chi connectivity index (χ3n) is 15.3. The van der Waals surface area contributed by atoms with Gasteiger partial charge in [-0.1, -0.05) is 61.8 Å². The van der Waals surface area contributed by atoms with Crippen molar-refractivity contribution in [3.63, 3.8) is 0 Å². The number of ether oxygens (including phenoxy) is 1. The van der Waals surface area contributed by atoms with E-state index in [4.69, 9.17) is 9.95 Å². The van der Waals surface area contributed by atoms with Gasteiger partial charge < -0.3 is 4.74 Å². The number of aryl methyl sites for hydroxylation is 2. The van der Waals surface area contributed by atoms with Crippen molar-refractivity contribution in [3.8, 4) is 0 Å². The van der Waals surface area contributed by atoms with E-state index in [-0.39, 0.29) is 5.41 Å². The highest BCUT2D eigenvalue weighted by atomic mass is 16.5. The van der Waals surface area contributed by atoms with E-state index in [0.717, 1.165) is 36.8 Å². The Morgan fingerprint density at radius 2 is 1.64 bits per heavy atom. The van der Waals surface area contributed by atoms with Gasteiger partial charge in [0.05, 0.1) is 17.9 Å². The average molecular weight is 537 g/mol. The Bertz CT molecular complexity index is 1170. The molecule has 7 rings (SSSR count). The third-order valence-corrected chi connectivity index (χ3v) is 15.3. The maximum Gasteiger partial charge on any atom is 0.176 e. The molecule has 4 nitrogen and oxygen atoms in total. The molecule has 0 radical (unpaired) electrons. The lowest BCUT2D eigenvalue weighted by molar-refractivity contribution is -0.765. The fourth-order valence-corrected chi connectivity index (χ4v) is 13.2. The van der Waals surface area contributed by atoms with Gasteiger partial charge in [0.1, 0.15) is 13.6 Å². The highest BCUT2D eigenvalue weighted by Crippen LogP contribution is 2.77.